The van der Waals surface area contributed by atoms with E-state index in [0.29, 0.717) is 19.8 Å². The normalized spacial score (nSPS) is 24.2. The van der Waals surface area contributed by atoms with Gasteiger partial charge in [-0.15, -0.1) is 0 Å². The number of anilines is 1. The summed E-state index contributed by atoms with van der Waals surface area (Å²) in [6.07, 6.45) is 1.95. The Kier molecular flexibility index (Phi) is 4.52. The van der Waals surface area contributed by atoms with Crippen LogP contribution in [0.2, 0.25) is 0 Å². The zero-order valence-electron chi connectivity index (χ0n) is 12.4. The molecule has 2 fully saturated rings. The molecule has 0 bridgehead atoms. The number of hydrogen-bond donors (Lipinski definition) is 0. The highest BCUT2D eigenvalue weighted by Gasteiger charge is 2.22. The summed E-state index contributed by atoms with van der Waals surface area (Å²) in [5.41, 5.74) is 0.845. The van der Waals surface area contributed by atoms with E-state index in [9.17, 15) is 4.79 Å². The first-order valence-corrected chi connectivity index (χ1v) is 7.42. The van der Waals surface area contributed by atoms with Crippen molar-refractivity contribution in [2.75, 3.05) is 57.4 Å². The van der Waals surface area contributed by atoms with Gasteiger partial charge in [0.05, 0.1) is 37.8 Å². The summed E-state index contributed by atoms with van der Waals surface area (Å²) >= 11 is 0. The number of nitrogens with zero attached hydrogens (tertiary/aromatic N) is 4. The molecule has 116 valence electrons. The highest BCUT2D eigenvalue weighted by Crippen LogP contribution is 2.14. The molecule has 1 unspecified atom stereocenters. The topological polar surface area (TPSA) is 59.8 Å². The van der Waals surface area contributed by atoms with Crippen molar-refractivity contribution < 1.29 is 9.47 Å². The molecule has 7 nitrogen and oxygen atoms in total. The summed E-state index contributed by atoms with van der Waals surface area (Å²) in [5, 5.41) is 4.08. The Morgan fingerprint density at radius 1 is 1.29 bits per heavy atom. The van der Waals surface area contributed by atoms with Crippen LogP contribution in [0.4, 0.5) is 5.69 Å². The van der Waals surface area contributed by atoms with E-state index in [0.717, 1.165) is 38.4 Å². The smallest absolute Gasteiger partial charge is 0.268 e. The van der Waals surface area contributed by atoms with E-state index in [2.05, 4.69) is 14.9 Å². The second-order valence-corrected chi connectivity index (χ2v) is 5.53. The van der Waals surface area contributed by atoms with Gasteiger partial charge in [-0.05, 0) is 0 Å². The van der Waals surface area contributed by atoms with Crippen molar-refractivity contribution in [3.05, 3.63) is 22.6 Å². The Bertz CT molecular complexity index is 519. The first kappa shape index (κ1) is 14.5. The van der Waals surface area contributed by atoms with Gasteiger partial charge in [0.15, 0.2) is 0 Å². The number of piperazine rings is 1. The van der Waals surface area contributed by atoms with E-state index >= 15 is 0 Å². The van der Waals surface area contributed by atoms with Crippen molar-refractivity contribution in [1.82, 2.24) is 14.7 Å². The minimum atomic E-state index is -0.0670. The van der Waals surface area contributed by atoms with Crippen LogP contribution in [0.3, 0.4) is 0 Å². The molecule has 1 aromatic rings. The number of hydrogen-bond acceptors (Lipinski definition) is 6. The van der Waals surface area contributed by atoms with Gasteiger partial charge in [-0.25, -0.2) is 4.68 Å². The molecular weight excluding hydrogens is 272 g/mol. The summed E-state index contributed by atoms with van der Waals surface area (Å²) in [4.78, 5) is 16.2. The molecule has 0 saturated carbocycles. The highest BCUT2D eigenvalue weighted by molar-refractivity contribution is 5.43. The Hall–Kier alpha value is -1.44. The third-order valence-corrected chi connectivity index (χ3v) is 4.04. The molecule has 21 heavy (non-hydrogen) atoms. The summed E-state index contributed by atoms with van der Waals surface area (Å²) in [6, 6.07) is 1.65. The Balaban J connectivity index is 1.52. The van der Waals surface area contributed by atoms with Crippen molar-refractivity contribution in [1.29, 1.82) is 0 Å². The molecular formula is C14H22N4O3. The summed E-state index contributed by atoms with van der Waals surface area (Å²) < 4.78 is 12.5. The maximum Gasteiger partial charge on any atom is 0.268 e. The maximum atomic E-state index is 11.6. The first-order chi connectivity index (χ1) is 10.2. The lowest BCUT2D eigenvalue weighted by Crippen LogP contribution is -2.50. The Morgan fingerprint density at radius 2 is 2.10 bits per heavy atom. The number of rotatable bonds is 3. The predicted octanol–water partition coefficient (Wildman–Crippen LogP) is -0.682. The lowest BCUT2D eigenvalue weighted by atomic mass is 10.2. The number of aromatic nitrogens is 2. The molecule has 3 heterocycles. The largest absolute Gasteiger partial charge is 0.376 e. The molecule has 0 amide bonds. The molecule has 0 N–H and O–H groups in total. The van der Waals surface area contributed by atoms with Gasteiger partial charge in [-0.1, -0.05) is 0 Å². The van der Waals surface area contributed by atoms with Gasteiger partial charge in [0, 0.05) is 45.8 Å². The fourth-order valence-corrected chi connectivity index (χ4v) is 2.75. The predicted molar refractivity (Wildman–Crippen MR) is 78.7 cm³/mol. The van der Waals surface area contributed by atoms with Crippen LogP contribution in [0.5, 0.6) is 0 Å². The van der Waals surface area contributed by atoms with Crippen molar-refractivity contribution in [2.24, 2.45) is 7.05 Å². The minimum Gasteiger partial charge on any atom is -0.376 e. The molecule has 2 aliphatic heterocycles. The quantitative estimate of drug-likeness (QED) is 0.736. The van der Waals surface area contributed by atoms with Gasteiger partial charge < -0.3 is 14.4 Å². The van der Waals surface area contributed by atoms with Crippen LogP contribution in [-0.2, 0) is 16.5 Å². The molecule has 7 heteroatoms. The van der Waals surface area contributed by atoms with E-state index in [1.165, 1.54) is 4.68 Å². The molecule has 0 aliphatic carbocycles. The molecule has 1 atom stereocenters. The van der Waals surface area contributed by atoms with Crippen LogP contribution in [0.1, 0.15) is 0 Å². The number of ether oxygens (including phenoxy) is 2. The summed E-state index contributed by atoms with van der Waals surface area (Å²) in [5.74, 6) is 0. The van der Waals surface area contributed by atoms with E-state index in [1.54, 1.807) is 19.3 Å². The summed E-state index contributed by atoms with van der Waals surface area (Å²) in [6.45, 7) is 6.76. The molecule has 3 rings (SSSR count). The highest BCUT2D eigenvalue weighted by atomic mass is 16.6. The lowest BCUT2D eigenvalue weighted by molar-refractivity contribution is -0.0977. The monoisotopic (exact) mass is 294 g/mol. The fraction of sp³-hybridized carbons (Fsp3) is 0.714. The SMILES string of the molecule is Cn1ncc(N2CCN(CC3COCCO3)CC2)cc1=O. The van der Waals surface area contributed by atoms with E-state index in [1.807, 2.05) is 0 Å². The van der Waals surface area contributed by atoms with Crippen molar-refractivity contribution in [3.8, 4) is 0 Å². The fourth-order valence-electron chi connectivity index (χ4n) is 2.75. The van der Waals surface area contributed by atoms with E-state index in [4.69, 9.17) is 9.47 Å². The standard InChI is InChI=1S/C14H22N4O3/c1-16-14(19)8-12(9-15-16)18-4-2-17(3-5-18)10-13-11-20-6-7-21-13/h8-9,13H,2-7,10-11H2,1H3. The van der Waals surface area contributed by atoms with Crippen molar-refractivity contribution in [2.45, 2.75) is 6.10 Å². The molecule has 0 spiro atoms. The Morgan fingerprint density at radius 3 is 2.76 bits per heavy atom. The third kappa shape index (κ3) is 3.61. The second-order valence-electron chi connectivity index (χ2n) is 5.53. The van der Waals surface area contributed by atoms with Gasteiger partial charge in [0.2, 0.25) is 0 Å². The van der Waals surface area contributed by atoms with Gasteiger partial charge in [0.1, 0.15) is 0 Å². The minimum absolute atomic E-state index is 0.0670. The summed E-state index contributed by atoms with van der Waals surface area (Å²) in [7, 11) is 1.66. The van der Waals surface area contributed by atoms with Crippen molar-refractivity contribution in [3.63, 3.8) is 0 Å². The van der Waals surface area contributed by atoms with E-state index < -0.39 is 0 Å². The van der Waals surface area contributed by atoms with Crippen LogP contribution in [0.15, 0.2) is 17.1 Å². The van der Waals surface area contributed by atoms with Gasteiger partial charge in [-0.2, -0.15) is 5.10 Å². The number of aryl methyl sites for hydroxylation is 1. The van der Waals surface area contributed by atoms with Crippen molar-refractivity contribution >= 4 is 5.69 Å². The molecule has 0 radical (unpaired) electrons. The van der Waals surface area contributed by atoms with Crippen LogP contribution in [0.25, 0.3) is 0 Å². The van der Waals surface area contributed by atoms with Crippen LogP contribution in [-0.4, -0.2) is 73.3 Å². The molecule has 0 aromatic carbocycles. The zero-order chi connectivity index (χ0) is 14.7. The van der Waals surface area contributed by atoms with E-state index in [-0.39, 0.29) is 11.7 Å². The zero-order valence-corrected chi connectivity index (χ0v) is 12.4. The maximum absolute atomic E-state index is 11.6. The average molecular weight is 294 g/mol. The molecule has 1 aromatic heterocycles. The average Bonchev–Trinajstić information content (AvgIpc) is 2.52. The molecule has 2 aliphatic rings. The van der Waals surface area contributed by atoms with Crippen LogP contribution >= 0.6 is 0 Å². The first-order valence-electron chi connectivity index (χ1n) is 7.42. The lowest BCUT2D eigenvalue weighted by Gasteiger charge is -2.37. The van der Waals surface area contributed by atoms with Gasteiger partial charge >= 0.3 is 0 Å². The second kappa shape index (κ2) is 6.55. The molecule has 2 saturated heterocycles. The van der Waals surface area contributed by atoms with Crippen LogP contribution < -0.4 is 10.5 Å². The Labute approximate surface area is 124 Å². The van der Waals surface area contributed by atoms with Crippen LogP contribution in [0, 0.1) is 0 Å². The van der Waals surface area contributed by atoms with Gasteiger partial charge in [-0.3, -0.25) is 9.69 Å². The van der Waals surface area contributed by atoms with Gasteiger partial charge in [0.25, 0.3) is 5.56 Å². The third-order valence-electron chi connectivity index (χ3n) is 4.04.